The number of aryl methyl sites for hydroxylation is 1. The molecular weight excluding hydrogens is 433 g/mol. The molecule has 1 atom stereocenters. The number of rotatable bonds is 5. The van der Waals surface area contributed by atoms with E-state index < -0.39 is 23.5 Å². The summed E-state index contributed by atoms with van der Waals surface area (Å²) in [5.74, 6) is -2.54. The van der Waals surface area contributed by atoms with Gasteiger partial charge in [-0.25, -0.2) is 9.37 Å². The number of Topliss-reactive ketones (excluding diaryl/α,β-unsaturated/α-hetero) is 1. The smallest absolute Gasteiger partial charge is 0.295 e. The number of benzene rings is 2. The average Bonchev–Trinajstić information content (AvgIpc) is 3.31. The Morgan fingerprint density at radius 2 is 1.71 bits per heavy atom. The summed E-state index contributed by atoms with van der Waals surface area (Å²) in [7, 11) is 0. The number of amides is 1. The lowest BCUT2D eigenvalue weighted by Crippen LogP contribution is -2.32. The number of imidazole rings is 1. The lowest BCUT2D eigenvalue weighted by atomic mass is 9.95. The van der Waals surface area contributed by atoms with E-state index in [2.05, 4.69) is 4.98 Å². The van der Waals surface area contributed by atoms with Crippen LogP contribution in [0.3, 0.4) is 0 Å². The fourth-order valence-corrected chi connectivity index (χ4v) is 4.55. The molecule has 0 saturated carbocycles. The number of carbonyl (C=O) groups is 2. The number of aromatic nitrogens is 2. The van der Waals surface area contributed by atoms with E-state index in [1.807, 2.05) is 36.4 Å². The number of halogens is 1. The van der Waals surface area contributed by atoms with Crippen LogP contribution in [0, 0.1) is 12.7 Å². The van der Waals surface area contributed by atoms with E-state index in [0.29, 0.717) is 23.5 Å². The quantitative estimate of drug-likeness (QED) is 0.274. The predicted molar refractivity (Wildman–Crippen MR) is 125 cm³/mol. The third-order valence-electron chi connectivity index (χ3n) is 6.15. The van der Waals surface area contributed by atoms with E-state index in [9.17, 15) is 19.1 Å². The minimum Gasteiger partial charge on any atom is -0.505 e. The van der Waals surface area contributed by atoms with Crippen molar-refractivity contribution in [2.24, 2.45) is 0 Å². The number of likely N-dealkylation sites (tertiary alicyclic amines) is 1. The standard InChI is InChI=1S/C27H22FN3O3/c1-17-23(30-15-8-7-13-21(30)29-17)25(32)22-24(19-11-5-6-12-20(19)28)31(27(34)26(22)33)16-14-18-9-3-2-4-10-18/h2-13,15,24,32H,14,16H2,1H3. The number of aliphatic hydroxyl groups excluding tert-OH is 1. The van der Waals surface area contributed by atoms with Crippen molar-refractivity contribution in [3.63, 3.8) is 0 Å². The normalized spacial score (nSPS) is 17.6. The van der Waals surface area contributed by atoms with Gasteiger partial charge in [0.25, 0.3) is 11.7 Å². The number of ketones is 1. The zero-order valence-corrected chi connectivity index (χ0v) is 18.5. The summed E-state index contributed by atoms with van der Waals surface area (Å²) >= 11 is 0. The lowest BCUT2D eigenvalue weighted by Gasteiger charge is -2.25. The molecule has 1 aliphatic heterocycles. The Bertz CT molecular complexity index is 1440. The van der Waals surface area contributed by atoms with E-state index in [4.69, 9.17) is 0 Å². The van der Waals surface area contributed by atoms with Gasteiger partial charge in [-0.3, -0.25) is 14.0 Å². The molecule has 0 spiro atoms. The Balaban J connectivity index is 1.67. The topological polar surface area (TPSA) is 74.9 Å². The second kappa shape index (κ2) is 8.59. The van der Waals surface area contributed by atoms with Crippen molar-refractivity contribution >= 4 is 23.1 Å². The molecule has 1 N–H and O–H groups in total. The molecule has 2 aromatic heterocycles. The van der Waals surface area contributed by atoms with Crippen molar-refractivity contribution in [3.05, 3.63) is 113 Å². The molecule has 5 rings (SSSR count). The van der Waals surface area contributed by atoms with Gasteiger partial charge in [-0.15, -0.1) is 0 Å². The Morgan fingerprint density at radius 3 is 2.47 bits per heavy atom. The van der Waals surface area contributed by atoms with Crippen LogP contribution in [0.15, 0.2) is 84.6 Å². The highest BCUT2D eigenvalue weighted by Gasteiger charge is 2.47. The van der Waals surface area contributed by atoms with Crippen molar-refractivity contribution < 1.29 is 19.1 Å². The maximum atomic E-state index is 15.0. The molecule has 1 unspecified atom stereocenters. The second-order valence-corrected chi connectivity index (χ2v) is 8.22. The third-order valence-corrected chi connectivity index (χ3v) is 6.15. The summed E-state index contributed by atoms with van der Waals surface area (Å²) in [5.41, 5.74) is 2.38. The molecule has 1 aliphatic rings. The SMILES string of the molecule is Cc1nc2ccccn2c1C(O)=C1C(=O)C(=O)N(CCc2ccccc2)C1c1ccccc1F. The maximum absolute atomic E-state index is 15.0. The molecule has 3 heterocycles. The minimum atomic E-state index is -1.06. The number of nitrogens with zero attached hydrogens (tertiary/aromatic N) is 3. The third kappa shape index (κ3) is 3.55. The van der Waals surface area contributed by atoms with Gasteiger partial charge in [0.2, 0.25) is 0 Å². The van der Waals surface area contributed by atoms with Gasteiger partial charge in [-0.05, 0) is 37.1 Å². The van der Waals surface area contributed by atoms with Gasteiger partial charge in [-0.1, -0.05) is 54.6 Å². The number of hydrogen-bond donors (Lipinski definition) is 1. The fraction of sp³-hybridized carbons (Fsp3) is 0.148. The zero-order valence-electron chi connectivity index (χ0n) is 18.5. The molecule has 2 aromatic carbocycles. The molecule has 0 bridgehead atoms. The zero-order chi connectivity index (χ0) is 23.8. The summed E-state index contributed by atoms with van der Waals surface area (Å²) in [4.78, 5) is 32.2. The highest BCUT2D eigenvalue weighted by molar-refractivity contribution is 6.46. The first-order valence-corrected chi connectivity index (χ1v) is 11.0. The van der Waals surface area contributed by atoms with Gasteiger partial charge in [-0.2, -0.15) is 0 Å². The minimum absolute atomic E-state index is 0.142. The summed E-state index contributed by atoms with van der Waals surface area (Å²) in [6.45, 7) is 1.90. The van der Waals surface area contributed by atoms with Crippen LogP contribution in [0.5, 0.6) is 0 Å². The van der Waals surface area contributed by atoms with Gasteiger partial charge >= 0.3 is 0 Å². The first kappa shape index (κ1) is 21.6. The first-order chi connectivity index (χ1) is 16.5. The number of aliphatic hydroxyl groups is 1. The molecule has 4 aromatic rings. The summed E-state index contributed by atoms with van der Waals surface area (Å²) in [5, 5.41) is 11.4. The van der Waals surface area contributed by atoms with Crippen molar-refractivity contribution in [2.45, 2.75) is 19.4 Å². The number of pyridine rings is 1. The Labute approximate surface area is 195 Å². The van der Waals surface area contributed by atoms with Crippen molar-refractivity contribution in [1.82, 2.24) is 14.3 Å². The van der Waals surface area contributed by atoms with Crippen molar-refractivity contribution in [2.75, 3.05) is 6.54 Å². The van der Waals surface area contributed by atoms with Gasteiger partial charge < -0.3 is 10.0 Å². The fourth-order valence-electron chi connectivity index (χ4n) is 4.55. The Kier molecular flexibility index (Phi) is 5.45. The molecule has 34 heavy (non-hydrogen) atoms. The highest BCUT2D eigenvalue weighted by Crippen LogP contribution is 2.40. The maximum Gasteiger partial charge on any atom is 0.295 e. The van der Waals surface area contributed by atoms with Crippen LogP contribution in [0.1, 0.15) is 28.6 Å². The van der Waals surface area contributed by atoms with Crippen LogP contribution in [0.2, 0.25) is 0 Å². The van der Waals surface area contributed by atoms with Crippen molar-refractivity contribution in [3.8, 4) is 0 Å². The van der Waals surface area contributed by atoms with Crippen molar-refractivity contribution in [1.29, 1.82) is 0 Å². The Hall–Kier alpha value is -4.26. The first-order valence-electron chi connectivity index (χ1n) is 11.0. The Morgan fingerprint density at radius 1 is 1.00 bits per heavy atom. The molecule has 1 amide bonds. The molecule has 7 heteroatoms. The van der Waals surface area contributed by atoms with Crippen LogP contribution in [-0.2, 0) is 16.0 Å². The van der Waals surface area contributed by atoms with E-state index in [0.717, 1.165) is 5.56 Å². The lowest BCUT2D eigenvalue weighted by molar-refractivity contribution is -0.139. The number of fused-ring (bicyclic) bond motifs is 1. The summed E-state index contributed by atoms with van der Waals surface area (Å²) in [6, 6.07) is 19.9. The molecule has 1 saturated heterocycles. The van der Waals surface area contributed by atoms with Gasteiger partial charge in [0.1, 0.15) is 17.2 Å². The molecule has 0 radical (unpaired) electrons. The number of carbonyl (C=O) groups excluding carboxylic acids is 2. The van der Waals surface area contributed by atoms with Gasteiger partial charge in [0, 0.05) is 18.3 Å². The van der Waals surface area contributed by atoms with E-state index in [1.165, 1.54) is 17.0 Å². The van der Waals surface area contributed by atoms with E-state index in [-0.39, 0.29) is 23.4 Å². The summed E-state index contributed by atoms with van der Waals surface area (Å²) < 4.78 is 16.6. The molecule has 170 valence electrons. The molecule has 6 nitrogen and oxygen atoms in total. The van der Waals surface area contributed by atoms with Crippen LogP contribution in [0.25, 0.3) is 11.4 Å². The van der Waals surface area contributed by atoms with Gasteiger partial charge in [0.15, 0.2) is 5.76 Å². The molecule has 0 aliphatic carbocycles. The van der Waals surface area contributed by atoms with Crippen LogP contribution in [0.4, 0.5) is 4.39 Å². The molecular formula is C27H22FN3O3. The predicted octanol–water partition coefficient (Wildman–Crippen LogP) is 4.45. The second-order valence-electron chi connectivity index (χ2n) is 8.22. The van der Waals surface area contributed by atoms with Crippen LogP contribution < -0.4 is 0 Å². The van der Waals surface area contributed by atoms with Crippen LogP contribution in [-0.4, -0.2) is 37.6 Å². The highest BCUT2D eigenvalue weighted by atomic mass is 19.1. The monoisotopic (exact) mass is 455 g/mol. The molecule has 1 fully saturated rings. The summed E-state index contributed by atoms with van der Waals surface area (Å²) in [6.07, 6.45) is 2.20. The van der Waals surface area contributed by atoms with Crippen LogP contribution >= 0.6 is 0 Å². The van der Waals surface area contributed by atoms with E-state index >= 15 is 0 Å². The van der Waals surface area contributed by atoms with E-state index in [1.54, 1.807) is 41.8 Å². The number of hydrogen-bond acceptors (Lipinski definition) is 4. The van der Waals surface area contributed by atoms with Gasteiger partial charge in [0.05, 0.1) is 17.3 Å². The largest absolute Gasteiger partial charge is 0.505 e. The average molecular weight is 455 g/mol.